The van der Waals surface area contributed by atoms with E-state index in [4.69, 9.17) is 16.1 Å². The van der Waals surface area contributed by atoms with Crippen molar-refractivity contribution in [2.45, 2.75) is 22.7 Å². The van der Waals surface area contributed by atoms with Gasteiger partial charge in [0, 0.05) is 41.6 Å². The Kier molecular flexibility index (Phi) is 4.79. The van der Waals surface area contributed by atoms with Gasteiger partial charge in [0.05, 0.1) is 4.90 Å². The first-order chi connectivity index (χ1) is 15.2. The summed E-state index contributed by atoms with van der Waals surface area (Å²) in [6.45, 7) is 0. The first-order valence-corrected chi connectivity index (χ1v) is 11.9. The maximum Gasteiger partial charge on any atom is 0.295 e. The van der Waals surface area contributed by atoms with Crippen LogP contribution in [-0.2, 0) is 27.7 Å². The molecule has 0 amide bonds. The molecule has 1 aliphatic rings. The third-order valence-corrected chi connectivity index (χ3v) is 8.35. The molecule has 0 radical (unpaired) electrons. The van der Waals surface area contributed by atoms with Crippen LogP contribution < -0.4 is 4.90 Å². The molecule has 10 heteroatoms. The van der Waals surface area contributed by atoms with Gasteiger partial charge in [-0.15, -0.1) is 0 Å². The zero-order valence-corrected chi connectivity index (χ0v) is 18.9. The molecule has 166 valence electrons. The highest BCUT2D eigenvalue weighted by molar-refractivity contribution is 7.92. The lowest BCUT2D eigenvalue weighted by Gasteiger charge is -2.27. The summed E-state index contributed by atoms with van der Waals surface area (Å²) in [5.74, 6) is -1.44. The molecular formula is C22H20ClFN4O3S. The summed E-state index contributed by atoms with van der Waals surface area (Å²) in [6.07, 6.45) is 0.349. The predicted molar refractivity (Wildman–Crippen MR) is 119 cm³/mol. The third-order valence-electron chi connectivity index (χ3n) is 5.93. The van der Waals surface area contributed by atoms with Gasteiger partial charge in [-0.05, 0) is 53.9 Å². The van der Waals surface area contributed by atoms with Gasteiger partial charge in [0.25, 0.3) is 16.8 Å². The largest absolute Gasteiger partial charge is 0.358 e. The number of halogens is 2. The molecule has 7 nitrogen and oxygen atoms in total. The van der Waals surface area contributed by atoms with E-state index in [9.17, 15) is 8.42 Å². The van der Waals surface area contributed by atoms with Crippen molar-refractivity contribution in [1.29, 1.82) is 0 Å². The van der Waals surface area contributed by atoms with Crippen molar-refractivity contribution in [3.05, 3.63) is 70.7 Å². The summed E-state index contributed by atoms with van der Waals surface area (Å²) < 4.78 is 49.6. The average Bonchev–Trinajstić information content (AvgIpc) is 3.49. The zero-order chi connectivity index (χ0) is 22.7. The van der Waals surface area contributed by atoms with Crippen LogP contribution in [0.1, 0.15) is 17.1 Å². The Hall–Kier alpha value is -2.91. The Morgan fingerprint density at radius 2 is 1.94 bits per heavy atom. The number of nitrogens with one attached hydrogen (secondary N) is 1. The lowest BCUT2D eigenvalue weighted by atomic mass is 9.98. The van der Waals surface area contributed by atoms with Crippen molar-refractivity contribution >= 4 is 38.3 Å². The van der Waals surface area contributed by atoms with E-state index in [2.05, 4.69) is 15.1 Å². The number of aromatic amines is 1. The number of hydrogen-bond donors (Lipinski definition) is 1. The highest BCUT2D eigenvalue weighted by atomic mass is 35.5. The molecule has 0 unspecified atom stereocenters. The van der Waals surface area contributed by atoms with Gasteiger partial charge >= 0.3 is 0 Å². The molecule has 0 saturated heterocycles. The fraction of sp³-hybridized carbons (Fsp3) is 0.273. The van der Waals surface area contributed by atoms with Gasteiger partial charge in [0.2, 0.25) is 9.84 Å². The molecule has 2 aromatic carbocycles. The molecule has 5 rings (SSSR count). The molecule has 1 N–H and O–H groups in total. The minimum Gasteiger partial charge on any atom is -0.358 e. The van der Waals surface area contributed by atoms with Gasteiger partial charge in [0.15, 0.2) is 0 Å². The smallest absolute Gasteiger partial charge is 0.295 e. The topological polar surface area (TPSA) is 92.1 Å². The van der Waals surface area contributed by atoms with Gasteiger partial charge in [-0.3, -0.25) is 0 Å². The van der Waals surface area contributed by atoms with Crippen molar-refractivity contribution in [2.24, 2.45) is 5.92 Å². The Balaban J connectivity index is 1.65. The number of alkyl halides is 1. The number of hydrogen-bond acceptors (Lipinski definition) is 6. The van der Waals surface area contributed by atoms with E-state index in [0.717, 1.165) is 22.2 Å². The summed E-state index contributed by atoms with van der Waals surface area (Å²) in [7, 11) is -1.20. The zero-order valence-electron chi connectivity index (χ0n) is 17.3. The summed E-state index contributed by atoms with van der Waals surface area (Å²) in [6, 6.07) is 13.0. The summed E-state index contributed by atoms with van der Waals surface area (Å²) in [5.41, 5.74) is 2.51. The van der Waals surface area contributed by atoms with Gasteiger partial charge in [-0.2, -0.15) is 4.98 Å². The van der Waals surface area contributed by atoms with Gasteiger partial charge in [0.1, 0.15) is 0 Å². The molecule has 0 fully saturated rings. The van der Waals surface area contributed by atoms with E-state index in [-0.39, 0.29) is 23.7 Å². The van der Waals surface area contributed by atoms with Crippen LogP contribution in [0.15, 0.2) is 57.9 Å². The molecule has 0 saturated carbocycles. The first-order valence-electron chi connectivity index (χ1n) is 10.0. The number of aromatic nitrogens is 3. The number of nitrogens with zero attached hydrogens (tertiary/aromatic N) is 3. The molecular weight excluding hydrogens is 455 g/mol. The number of fused-ring (bicyclic) bond motifs is 3. The third kappa shape index (κ3) is 3.02. The van der Waals surface area contributed by atoms with Crippen molar-refractivity contribution in [3.63, 3.8) is 0 Å². The van der Waals surface area contributed by atoms with Crippen LogP contribution in [0, 0.1) is 5.92 Å². The Bertz CT molecular complexity index is 1420. The van der Waals surface area contributed by atoms with E-state index >= 15 is 4.39 Å². The summed E-state index contributed by atoms with van der Waals surface area (Å²) in [4.78, 5) is 8.76. The number of benzene rings is 2. The number of anilines is 1. The SMILES string of the molecule is CN(C)c1noc([C@](F)([C@H]2Cc3[nH]c4ccc(Cl)cc4c3C2)S(=O)(=O)c2ccccc2)n1. The molecule has 4 aromatic rings. The fourth-order valence-corrected chi connectivity index (χ4v) is 6.28. The molecule has 2 aromatic heterocycles. The molecule has 0 aliphatic heterocycles. The first kappa shape index (κ1) is 21.0. The van der Waals surface area contributed by atoms with Gasteiger partial charge < -0.3 is 14.4 Å². The van der Waals surface area contributed by atoms with Crippen LogP contribution in [0.2, 0.25) is 5.02 Å². The lowest BCUT2D eigenvalue weighted by molar-refractivity contribution is 0.128. The van der Waals surface area contributed by atoms with Crippen LogP contribution in [-0.4, -0.2) is 37.6 Å². The highest BCUT2D eigenvalue weighted by Gasteiger charge is 2.59. The monoisotopic (exact) mass is 474 g/mol. The maximum absolute atomic E-state index is 17.0. The van der Waals surface area contributed by atoms with E-state index < -0.39 is 26.6 Å². The van der Waals surface area contributed by atoms with Gasteiger partial charge in [-0.1, -0.05) is 29.8 Å². The molecule has 0 spiro atoms. The summed E-state index contributed by atoms with van der Waals surface area (Å²) >= 11 is 6.16. The van der Waals surface area contributed by atoms with Gasteiger partial charge in [-0.25, -0.2) is 12.8 Å². The second-order valence-electron chi connectivity index (χ2n) is 8.13. The molecule has 1 aliphatic carbocycles. The van der Waals surface area contributed by atoms with Crippen LogP contribution in [0.25, 0.3) is 10.9 Å². The standard InChI is InChI=1S/C22H20ClFN4O3S/c1-28(2)21-26-20(31-27-21)22(24,32(29,30)15-6-4-3-5-7-15)13-10-16-17-12-14(23)8-9-18(17)25-19(16)11-13/h3-9,12-13,25H,10-11H2,1-2H3/t13-,22+/m1/s1. The number of rotatable bonds is 5. The Labute approximate surface area is 189 Å². The predicted octanol–water partition coefficient (Wildman–Crippen LogP) is 4.28. The normalized spacial score (nSPS) is 17.9. The second kappa shape index (κ2) is 7.31. The average molecular weight is 475 g/mol. The van der Waals surface area contributed by atoms with Crippen molar-refractivity contribution in [2.75, 3.05) is 19.0 Å². The van der Waals surface area contributed by atoms with E-state index in [1.165, 1.54) is 17.0 Å². The fourth-order valence-electron chi connectivity index (χ4n) is 4.33. The second-order valence-corrected chi connectivity index (χ2v) is 10.6. The van der Waals surface area contributed by atoms with Crippen LogP contribution >= 0.6 is 11.6 Å². The Morgan fingerprint density at radius 3 is 2.62 bits per heavy atom. The van der Waals surface area contributed by atoms with Crippen LogP contribution in [0.5, 0.6) is 0 Å². The molecule has 2 heterocycles. The quantitative estimate of drug-likeness (QED) is 0.464. The van der Waals surface area contributed by atoms with Crippen molar-refractivity contribution < 1.29 is 17.3 Å². The van der Waals surface area contributed by atoms with E-state index in [0.29, 0.717) is 5.02 Å². The molecule has 0 bridgehead atoms. The minimum atomic E-state index is -4.53. The van der Waals surface area contributed by atoms with Crippen molar-refractivity contribution in [3.8, 4) is 0 Å². The number of H-pyrrole nitrogens is 1. The maximum atomic E-state index is 17.0. The molecule has 32 heavy (non-hydrogen) atoms. The Morgan fingerprint density at radius 1 is 1.19 bits per heavy atom. The van der Waals surface area contributed by atoms with E-state index in [1.807, 2.05) is 6.07 Å². The van der Waals surface area contributed by atoms with Crippen LogP contribution in [0.4, 0.5) is 10.3 Å². The van der Waals surface area contributed by atoms with E-state index in [1.54, 1.807) is 44.4 Å². The molecule has 2 atom stereocenters. The number of sulfone groups is 1. The van der Waals surface area contributed by atoms with Crippen LogP contribution in [0.3, 0.4) is 0 Å². The summed E-state index contributed by atoms with van der Waals surface area (Å²) in [5, 5.41) is 2.26. The van der Waals surface area contributed by atoms with Crippen molar-refractivity contribution in [1.82, 2.24) is 15.1 Å². The lowest BCUT2D eigenvalue weighted by Crippen LogP contribution is -2.40. The minimum absolute atomic E-state index is 0.0963. The highest BCUT2D eigenvalue weighted by Crippen LogP contribution is 2.49.